The summed E-state index contributed by atoms with van der Waals surface area (Å²) in [6.07, 6.45) is 10.6. The SMILES string of the molecule is COc1cccc([C@]23CC[N@+](CC(C)C)(CC4CC4)CC2(OC(C)=O)CC[C@H](NC(=O)CCCCCc2ccccc2)C3)c1. The number of nitrogens with zero attached hydrogens (tertiary/aromatic N) is 1. The molecule has 5 rings (SSSR count). The van der Waals surface area contributed by atoms with Gasteiger partial charge in [-0.15, -0.1) is 0 Å². The van der Waals surface area contributed by atoms with Crippen molar-refractivity contribution in [2.45, 2.75) is 108 Å². The van der Waals surface area contributed by atoms with Crippen LogP contribution in [-0.4, -0.2) is 61.3 Å². The molecular formula is C38H55N2O4+. The molecule has 1 heterocycles. The Labute approximate surface area is 265 Å². The summed E-state index contributed by atoms with van der Waals surface area (Å²) in [7, 11) is 1.71. The van der Waals surface area contributed by atoms with Crippen LogP contribution in [0.15, 0.2) is 54.6 Å². The molecular weight excluding hydrogens is 548 g/mol. The molecule has 3 fully saturated rings. The van der Waals surface area contributed by atoms with Gasteiger partial charge in [-0.25, -0.2) is 0 Å². The number of quaternary nitrogens is 1. The van der Waals surface area contributed by atoms with Gasteiger partial charge in [-0.1, -0.05) is 62.7 Å². The number of likely N-dealkylation sites (tertiary alicyclic amines) is 1. The summed E-state index contributed by atoms with van der Waals surface area (Å²) >= 11 is 0. The monoisotopic (exact) mass is 603 g/mol. The Kier molecular flexibility index (Phi) is 10.4. The Morgan fingerprint density at radius 3 is 2.50 bits per heavy atom. The first kappa shape index (κ1) is 32.5. The van der Waals surface area contributed by atoms with E-state index >= 15 is 0 Å². The van der Waals surface area contributed by atoms with Crippen molar-refractivity contribution in [2.75, 3.05) is 33.3 Å². The summed E-state index contributed by atoms with van der Waals surface area (Å²) in [6.45, 7) is 10.4. The van der Waals surface area contributed by atoms with E-state index in [1.807, 2.05) is 6.07 Å². The van der Waals surface area contributed by atoms with Crippen LogP contribution in [0.3, 0.4) is 0 Å². The number of unbranched alkanes of at least 4 members (excludes halogenated alkanes) is 2. The van der Waals surface area contributed by atoms with Crippen LogP contribution in [0.2, 0.25) is 0 Å². The topological polar surface area (TPSA) is 64.6 Å². The van der Waals surface area contributed by atoms with E-state index in [4.69, 9.17) is 9.47 Å². The number of hydrogen-bond donors (Lipinski definition) is 1. The fourth-order valence-electron chi connectivity index (χ4n) is 8.73. The molecule has 1 N–H and O–H groups in total. The zero-order chi connectivity index (χ0) is 31.2. The molecule has 0 radical (unpaired) electrons. The van der Waals surface area contributed by atoms with Crippen LogP contribution >= 0.6 is 0 Å². The molecule has 1 aliphatic heterocycles. The van der Waals surface area contributed by atoms with Gasteiger partial charge in [-0.3, -0.25) is 9.59 Å². The zero-order valence-corrected chi connectivity index (χ0v) is 27.6. The van der Waals surface area contributed by atoms with Crippen LogP contribution < -0.4 is 10.1 Å². The number of ether oxygens (including phenoxy) is 2. The molecule has 2 saturated carbocycles. The van der Waals surface area contributed by atoms with Crippen LogP contribution in [0.5, 0.6) is 5.75 Å². The number of nitrogens with one attached hydrogen (secondary N) is 1. The lowest BCUT2D eigenvalue weighted by atomic mass is 9.54. The third-order valence-electron chi connectivity index (χ3n) is 10.6. The second kappa shape index (κ2) is 14.1. The Bertz CT molecular complexity index is 1250. The minimum atomic E-state index is -0.619. The second-order valence-electron chi connectivity index (χ2n) is 14.6. The average Bonchev–Trinajstić information content (AvgIpc) is 3.81. The van der Waals surface area contributed by atoms with E-state index in [0.717, 1.165) is 87.2 Å². The van der Waals surface area contributed by atoms with Crippen molar-refractivity contribution in [3.63, 3.8) is 0 Å². The molecule has 0 bridgehead atoms. The second-order valence-corrected chi connectivity index (χ2v) is 14.6. The Hall–Kier alpha value is -2.86. The largest absolute Gasteiger partial charge is 0.497 e. The summed E-state index contributed by atoms with van der Waals surface area (Å²) in [6, 6.07) is 19.0. The first-order valence-electron chi connectivity index (χ1n) is 17.2. The Morgan fingerprint density at radius 1 is 1.00 bits per heavy atom. The number of carbonyl (C=O) groups is 2. The molecule has 2 aromatic rings. The summed E-state index contributed by atoms with van der Waals surface area (Å²) < 4.78 is 13.3. The minimum absolute atomic E-state index is 0.0511. The summed E-state index contributed by atoms with van der Waals surface area (Å²) in [4.78, 5) is 26.2. The van der Waals surface area contributed by atoms with Gasteiger partial charge in [-0.2, -0.15) is 0 Å². The summed E-state index contributed by atoms with van der Waals surface area (Å²) in [5.74, 6) is 2.12. The van der Waals surface area contributed by atoms with Gasteiger partial charge in [0.25, 0.3) is 0 Å². The number of esters is 1. The number of rotatable bonds is 14. The molecule has 6 heteroatoms. The molecule has 3 aliphatic rings. The fourth-order valence-corrected chi connectivity index (χ4v) is 8.73. The average molecular weight is 604 g/mol. The Balaban J connectivity index is 1.35. The molecule has 44 heavy (non-hydrogen) atoms. The number of piperidine rings is 1. The summed E-state index contributed by atoms with van der Waals surface area (Å²) in [5, 5.41) is 3.43. The van der Waals surface area contributed by atoms with Crippen molar-refractivity contribution in [1.29, 1.82) is 0 Å². The van der Waals surface area contributed by atoms with Gasteiger partial charge >= 0.3 is 5.97 Å². The molecule has 2 aromatic carbocycles. The standard InChI is InChI=1S/C38H54N2O4/c1-29(2)26-40(27-32-18-19-32)23-22-37(33-15-11-16-35(24-33)43-4)25-34(20-21-38(37,28-40)44-30(3)41)39-36(42)17-10-6-9-14-31-12-7-5-8-13-31/h5,7-8,11-13,15-16,24,29,32,34H,6,9-10,14,17-23,25-28H2,1-4H3/p+1/t34-,37+,38?,40-/m0/s1. The van der Waals surface area contributed by atoms with Crippen LogP contribution in [0.1, 0.15) is 96.1 Å². The quantitative estimate of drug-likeness (QED) is 0.144. The molecule has 6 nitrogen and oxygen atoms in total. The van der Waals surface area contributed by atoms with Gasteiger partial charge in [0.2, 0.25) is 5.91 Å². The normalized spacial score (nSPS) is 28.2. The van der Waals surface area contributed by atoms with Gasteiger partial charge in [0.05, 0.1) is 26.7 Å². The van der Waals surface area contributed by atoms with Gasteiger partial charge < -0.3 is 19.3 Å². The highest BCUT2D eigenvalue weighted by Crippen LogP contribution is 2.56. The van der Waals surface area contributed by atoms with Gasteiger partial charge in [-0.05, 0) is 74.6 Å². The highest BCUT2D eigenvalue weighted by atomic mass is 16.6. The van der Waals surface area contributed by atoms with E-state index in [0.29, 0.717) is 12.3 Å². The molecule has 4 atom stereocenters. The van der Waals surface area contributed by atoms with Gasteiger partial charge in [0.1, 0.15) is 12.3 Å². The highest BCUT2D eigenvalue weighted by Gasteiger charge is 2.65. The molecule has 0 aromatic heterocycles. The molecule has 2 aliphatic carbocycles. The van der Waals surface area contributed by atoms with E-state index in [1.54, 1.807) is 14.0 Å². The van der Waals surface area contributed by atoms with E-state index in [1.165, 1.54) is 30.5 Å². The maximum atomic E-state index is 13.2. The van der Waals surface area contributed by atoms with E-state index < -0.39 is 5.60 Å². The lowest BCUT2D eigenvalue weighted by molar-refractivity contribution is -0.945. The molecule has 240 valence electrons. The maximum Gasteiger partial charge on any atom is 0.303 e. The number of hydrogen-bond acceptors (Lipinski definition) is 4. The number of amides is 1. The third kappa shape index (κ3) is 7.67. The molecule has 1 amide bonds. The number of fused-ring (bicyclic) bond motifs is 1. The van der Waals surface area contributed by atoms with Gasteiger partial charge in [0.15, 0.2) is 5.60 Å². The van der Waals surface area contributed by atoms with Crippen molar-refractivity contribution < 1.29 is 23.5 Å². The highest BCUT2D eigenvalue weighted by molar-refractivity contribution is 5.76. The van der Waals surface area contributed by atoms with Crippen molar-refractivity contribution in [3.8, 4) is 5.75 Å². The minimum Gasteiger partial charge on any atom is -0.497 e. The maximum absolute atomic E-state index is 13.2. The van der Waals surface area contributed by atoms with Crippen LogP contribution in [0, 0.1) is 11.8 Å². The van der Waals surface area contributed by atoms with Crippen molar-refractivity contribution in [3.05, 3.63) is 65.7 Å². The van der Waals surface area contributed by atoms with Crippen LogP contribution in [0.25, 0.3) is 0 Å². The number of benzene rings is 2. The van der Waals surface area contributed by atoms with Crippen LogP contribution in [-0.2, 0) is 26.2 Å². The third-order valence-corrected chi connectivity index (χ3v) is 10.6. The zero-order valence-electron chi connectivity index (χ0n) is 27.6. The smallest absolute Gasteiger partial charge is 0.303 e. The van der Waals surface area contributed by atoms with Crippen LogP contribution in [0.4, 0.5) is 0 Å². The lowest BCUT2D eigenvalue weighted by Crippen LogP contribution is -2.74. The van der Waals surface area contributed by atoms with Crippen molar-refractivity contribution >= 4 is 11.9 Å². The summed E-state index contributed by atoms with van der Waals surface area (Å²) in [5.41, 5.74) is 1.53. The van der Waals surface area contributed by atoms with E-state index in [9.17, 15) is 9.59 Å². The van der Waals surface area contributed by atoms with Crippen molar-refractivity contribution in [1.82, 2.24) is 5.32 Å². The lowest BCUT2D eigenvalue weighted by Gasteiger charge is -2.62. The number of carbonyl (C=O) groups excluding carboxylic acids is 2. The number of methoxy groups -OCH3 is 1. The molecule has 0 spiro atoms. The van der Waals surface area contributed by atoms with Crippen molar-refractivity contribution in [2.24, 2.45) is 11.8 Å². The predicted octanol–water partition coefficient (Wildman–Crippen LogP) is 6.99. The molecule has 1 unspecified atom stereocenters. The first-order valence-corrected chi connectivity index (χ1v) is 17.2. The van der Waals surface area contributed by atoms with E-state index in [2.05, 4.69) is 67.7 Å². The molecule has 1 saturated heterocycles. The predicted molar refractivity (Wildman–Crippen MR) is 175 cm³/mol. The first-order chi connectivity index (χ1) is 21.2. The number of aryl methyl sites for hydroxylation is 1. The fraction of sp³-hybridized carbons (Fsp3) is 0.632. The van der Waals surface area contributed by atoms with Gasteiger partial charge in [0, 0.05) is 43.1 Å². The Morgan fingerprint density at radius 2 is 1.80 bits per heavy atom. The van der Waals surface area contributed by atoms with E-state index in [-0.39, 0.29) is 23.3 Å².